The van der Waals surface area contributed by atoms with Crippen LogP contribution in [0.3, 0.4) is 0 Å². The number of aryl methyl sites for hydroxylation is 1. The van der Waals surface area contributed by atoms with Crippen molar-refractivity contribution in [1.29, 1.82) is 0 Å². The van der Waals surface area contributed by atoms with Crippen molar-refractivity contribution in [2.75, 3.05) is 0 Å². The van der Waals surface area contributed by atoms with Crippen LogP contribution in [0, 0.1) is 6.92 Å². The van der Waals surface area contributed by atoms with Crippen molar-refractivity contribution in [3.05, 3.63) is 71.5 Å². The number of hydrogen-bond donors (Lipinski definition) is 2. The van der Waals surface area contributed by atoms with E-state index in [0.29, 0.717) is 22.6 Å². The lowest BCUT2D eigenvalue weighted by atomic mass is 10.1. The molecule has 3 aromatic rings. The van der Waals surface area contributed by atoms with Crippen LogP contribution in [0.2, 0.25) is 0 Å². The average molecular weight is 321 g/mol. The Morgan fingerprint density at radius 1 is 1.21 bits per heavy atom. The summed E-state index contributed by atoms with van der Waals surface area (Å²) in [6.07, 6.45) is 1.45. The maximum Gasteiger partial charge on any atom is 0.277 e. The maximum atomic E-state index is 12.4. The lowest BCUT2D eigenvalue weighted by Crippen LogP contribution is -2.18. The minimum Gasteiger partial charge on any atom is -0.508 e. The van der Waals surface area contributed by atoms with Gasteiger partial charge in [0.05, 0.1) is 6.21 Å². The second-order valence-electron chi connectivity index (χ2n) is 5.12. The first-order valence-electron chi connectivity index (χ1n) is 7.29. The van der Waals surface area contributed by atoms with Gasteiger partial charge in [-0.3, -0.25) is 4.79 Å². The number of nitrogens with one attached hydrogen (secondary N) is 1. The molecule has 3 rings (SSSR count). The molecular formula is C18H15N3O3. The fourth-order valence-corrected chi connectivity index (χ4v) is 2.26. The van der Waals surface area contributed by atoms with Gasteiger partial charge in [0.15, 0.2) is 0 Å². The van der Waals surface area contributed by atoms with Gasteiger partial charge in [0.2, 0.25) is 0 Å². The molecule has 0 unspecified atom stereocenters. The third kappa shape index (κ3) is 3.33. The van der Waals surface area contributed by atoms with Gasteiger partial charge in [-0.15, -0.1) is 0 Å². The number of aromatic nitrogens is 1. The highest BCUT2D eigenvalue weighted by atomic mass is 16.5. The molecule has 2 aromatic carbocycles. The van der Waals surface area contributed by atoms with E-state index in [1.807, 2.05) is 30.3 Å². The zero-order chi connectivity index (χ0) is 16.9. The Bertz CT molecular complexity index is 886. The van der Waals surface area contributed by atoms with Gasteiger partial charge in [0.25, 0.3) is 5.91 Å². The minimum absolute atomic E-state index is 0.131. The van der Waals surface area contributed by atoms with Gasteiger partial charge >= 0.3 is 0 Å². The zero-order valence-electron chi connectivity index (χ0n) is 12.9. The van der Waals surface area contributed by atoms with Crippen LogP contribution in [0.5, 0.6) is 5.75 Å². The molecule has 1 amide bonds. The lowest BCUT2D eigenvalue weighted by Gasteiger charge is -2.01. The largest absolute Gasteiger partial charge is 0.508 e. The molecule has 120 valence electrons. The predicted octanol–water partition coefficient (Wildman–Crippen LogP) is 3.12. The van der Waals surface area contributed by atoms with Crippen LogP contribution in [0.4, 0.5) is 0 Å². The summed E-state index contributed by atoms with van der Waals surface area (Å²) in [6.45, 7) is 1.67. The smallest absolute Gasteiger partial charge is 0.277 e. The van der Waals surface area contributed by atoms with E-state index < -0.39 is 5.91 Å². The zero-order valence-corrected chi connectivity index (χ0v) is 12.9. The summed E-state index contributed by atoms with van der Waals surface area (Å²) in [6, 6.07) is 15.9. The monoisotopic (exact) mass is 321 g/mol. The first kappa shape index (κ1) is 15.5. The van der Waals surface area contributed by atoms with Crippen molar-refractivity contribution in [3.63, 3.8) is 0 Å². The number of carbonyl (C=O) groups excluding carboxylic acids is 1. The topological polar surface area (TPSA) is 87.7 Å². The number of hydrazone groups is 1. The van der Waals surface area contributed by atoms with Gasteiger partial charge < -0.3 is 9.63 Å². The van der Waals surface area contributed by atoms with Gasteiger partial charge in [0.1, 0.15) is 22.8 Å². The normalized spacial score (nSPS) is 10.9. The van der Waals surface area contributed by atoms with Crippen molar-refractivity contribution < 1.29 is 14.4 Å². The number of benzene rings is 2. The molecule has 0 saturated carbocycles. The van der Waals surface area contributed by atoms with E-state index in [9.17, 15) is 9.90 Å². The summed E-state index contributed by atoms with van der Waals surface area (Å²) in [4.78, 5) is 12.4. The van der Waals surface area contributed by atoms with Crippen molar-refractivity contribution in [1.82, 2.24) is 10.6 Å². The van der Waals surface area contributed by atoms with Gasteiger partial charge in [-0.1, -0.05) is 47.6 Å². The van der Waals surface area contributed by atoms with E-state index in [1.54, 1.807) is 25.1 Å². The lowest BCUT2D eigenvalue weighted by molar-refractivity contribution is 0.0954. The fourth-order valence-electron chi connectivity index (χ4n) is 2.26. The molecule has 2 N–H and O–H groups in total. The van der Waals surface area contributed by atoms with Crippen molar-refractivity contribution >= 4 is 12.1 Å². The highest BCUT2D eigenvalue weighted by Gasteiger charge is 2.21. The SMILES string of the molecule is Cc1onc(-c2ccccc2)c1C(=O)N/N=C\c1cccc(O)c1. The summed E-state index contributed by atoms with van der Waals surface area (Å²) in [5, 5.41) is 17.3. The minimum atomic E-state index is -0.413. The number of nitrogens with zero attached hydrogens (tertiary/aromatic N) is 2. The van der Waals surface area contributed by atoms with E-state index in [2.05, 4.69) is 15.7 Å². The molecule has 0 aliphatic rings. The van der Waals surface area contributed by atoms with Gasteiger partial charge in [0, 0.05) is 5.56 Å². The Kier molecular flexibility index (Phi) is 4.38. The van der Waals surface area contributed by atoms with E-state index in [4.69, 9.17) is 4.52 Å². The summed E-state index contributed by atoms with van der Waals surface area (Å²) < 4.78 is 5.16. The molecule has 6 heteroatoms. The molecule has 0 fully saturated rings. The molecule has 0 aliphatic carbocycles. The number of aromatic hydroxyl groups is 1. The maximum absolute atomic E-state index is 12.4. The van der Waals surface area contributed by atoms with Gasteiger partial charge in [-0.25, -0.2) is 5.43 Å². The predicted molar refractivity (Wildman–Crippen MR) is 89.8 cm³/mol. The molecule has 0 atom stereocenters. The molecule has 0 spiro atoms. The number of phenolic OH excluding ortho intramolecular Hbond substituents is 1. The van der Waals surface area contributed by atoms with Crippen molar-refractivity contribution in [3.8, 4) is 17.0 Å². The Morgan fingerprint density at radius 3 is 2.75 bits per heavy atom. The molecular weight excluding hydrogens is 306 g/mol. The molecule has 0 radical (unpaired) electrons. The van der Waals surface area contributed by atoms with Crippen LogP contribution in [0.25, 0.3) is 11.3 Å². The Labute approximate surface area is 138 Å². The van der Waals surface area contributed by atoms with E-state index in [1.165, 1.54) is 12.3 Å². The Balaban J connectivity index is 1.80. The highest BCUT2D eigenvalue weighted by molar-refractivity contribution is 6.01. The molecule has 1 aromatic heterocycles. The first-order valence-corrected chi connectivity index (χ1v) is 7.29. The van der Waals surface area contributed by atoms with Crippen LogP contribution in [0.1, 0.15) is 21.7 Å². The number of carbonyl (C=O) groups is 1. The number of phenols is 1. The molecule has 6 nitrogen and oxygen atoms in total. The van der Waals surface area contributed by atoms with Gasteiger partial charge in [-0.2, -0.15) is 5.10 Å². The molecule has 0 bridgehead atoms. The quantitative estimate of drug-likeness (QED) is 0.571. The van der Waals surface area contributed by atoms with Crippen LogP contribution in [0.15, 0.2) is 64.2 Å². The van der Waals surface area contributed by atoms with E-state index in [-0.39, 0.29) is 5.75 Å². The molecule has 24 heavy (non-hydrogen) atoms. The van der Waals surface area contributed by atoms with Crippen molar-refractivity contribution in [2.24, 2.45) is 5.10 Å². The van der Waals surface area contributed by atoms with Crippen LogP contribution >= 0.6 is 0 Å². The fraction of sp³-hybridized carbons (Fsp3) is 0.0556. The average Bonchev–Trinajstić information content (AvgIpc) is 2.97. The second kappa shape index (κ2) is 6.78. The van der Waals surface area contributed by atoms with Gasteiger partial charge in [-0.05, 0) is 24.6 Å². The summed E-state index contributed by atoms with van der Waals surface area (Å²) in [7, 11) is 0. The highest BCUT2D eigenvalue weighted by Crippen LogP contribution is 2.24. The van der Waals surface area contributed by atoms with Crippen molar-refractivity contribution in [2.45, 2.75) is 6.92 Å². The summed E-state index contributed by atoms with van der Waals surface area (Å²) in [5.74, 6) is 0.134. The molecule has 0 saturated heterocycles. The summed E-state index contributed by atoms with van der Waals surface area (Å²) in [5.41, 5.74) is 4.72. The Morgan fingerprint density at radius 2 is 2.00 bits per heavy atom. The van der Waals surface area contributed by atoms with Crippen LogP contribution in [-0.2, 0) is 0 Å². The van der Waals surface area contributed by atoms with E-state index >= 15 is 0 Å². The molecule has 1 heterocycles. The third-order valence-electron chi connectivity index (χ3n) is 3.39. The Hall–Kier alpha value is -3.41. The third-order valence-corrected chi connectivity index (χ3v) is 3.39. The standard InChI is InChI=1S/C18H15N3O3/c1-12-16(17(21-24-12)14-7-3-2-4-8-14)18(23)20-19-11-13-6-5-9-15(22)10-13/h2-11,22H,1H3,(H,20,23)/b19-11-. The first-order chi connectivity index (χ1) is 11.6. The number of hydrogen-bond acceptors (Lipinski definition) is 5. The summed E-state index contributed by atoms with van der Waals surface area (Å²) >= 11 is 0. The second-order valence-corrected chi connectivity index (χ2v) is 5.12. The molecule has 0 aliphatic heterocycles. The van der Waals surface area contributed by atoms with E-state index in [0.717, 1.165) is 5.56 Å². The van der Waals surface area contributed by atoms with Crippen LogP contribution in [-0.4, -0.2) is 22.4 Å². The van der Waals surface area contributed by atoms with Crippen LogP contribution < -0.4 is 5.43 Å². The number of amides is 1. The number of rotatable bonds is 4.